The first-order valence-electron chi connectivity index (χ1n) is 8.42. The highest BCUT2D eigenvalue weighted by molar-refractivity contribution is 5.79. The molecular weight excluding hydrogens is 252 g/mol. The van der Waals surface area contributed by atoms with Crippen LogP contribution in [0.25, 0.3) is 0 Å². The molecule has 3 fully saturated rings. The molecular formula is C16H28N2O2. The molecule has 0 radical (unpaired) electrons. The topological polar surface area (TPSA) is 41.6 Å². The van der Waals surface area contributed by atoms with E-state index in [1.165, 1.54) is 38.6 Å². The van der Waals surface area contributed by atoms with Crippen molar-refractivity contribution in [2.75, 3.05) is 32.8 Å². The van der Waals surface area contributed by atoms with Crippen LogP contribution in [-0.2, 0) is 9.53 Å². The van der Waals surface area contributed by atoms with Crippen molar-refractivity contribution in [3.63, 3.8) is 0 Å². The second kappa shape index (κ2) is 6.90. The number of carbonyl (C=O) groups is 1. The van der Waals surface area contributed by atoms with Crippen LogP contribution in [0.15, 0.2) is 0 Å². The molecule has 3 aliphatic rings. The quantitative estimate of drug-likeness (QED) is 0.853. The van der Waals surface area contributed by atoms with Crippen molar-refractivity contribution in [2.24, 2.45) is 11.8 Å². The maximum absolute atomic E-state index is 12.2. The van der Waals surface area contributed by atoms with Gasteiger partial charge >= 0.3 is 0 Å². The lowest BCUT2D eigenvalue weighted by Gasteiger charge is -2.36. The number of ether oxygens (including phenoxy) is 1. The maximum Gasteiger partial charge on any atom is 0.223 e. The molecule has 2 saturated heterocycles. The summed E-state index contributed by atoms with van der Waals surface area (Å²) in [4.78, 5) is 14.7. The minimum atomic E-state index is 0.265. The van der Waals surface area contributed by atoms with Crippen molar-refractivity contribution in [2.45, 2.75) is 51.0 Å². The normalized spacial score (nSPS) is 27.2. The van der Waals surface area contributed by atoms with E-state index in [0.717, 1.165) is 45.1 Å². The zero-order valence-electron chi connectivity index (χ0n) is 12.5. The summed E-state index contributed by atoms with van der Waals surface area (Å²) < 4.78 is 5.42. The van der Waals surface area contributed by atoms with Crippen molar-refractivity contribution in [1.29, 1.82) is 0 Å². The third-order valence-electron chi connectivity index (χ3n) is 5.27. The van der Waals surface area contributed by atoms with Gasteiger partial charge in [0, 0.05) is 31.7 Å². The third kappa shape index (κ3) is 3.73. The lowest BCUT2D eigenvalue weighted by molar-refractivity contribution is -0.127. The van der Waals surface area contributed by atoms with Crippen molar-refractivity contribution >= 4 is 5.91 Å². The Morgan fingerprint density at radius 1 is 1.05 bits per heavy atom. The molecule has 0 aromatic heterocycles. The lowest BCUT2D eigenvalue weighted by atomic mass is 9.90. The monoisotopic (exact) mass is 280 g/mol. The van der Waals surface area contributed by atoms with Crippen LogP contribution < -0.4 is 5.32 Å². The highest BCUT2D eigenvalue weighted by Gasteiger charge is 2.29. The maximum atomic E-state index is 12.2. The Kier molecular flexibility index (Phi) is 4.94. The molecule has 4 heteroatoms. The Morgan fingerprint density at radius 2 is 1.75 bits per heavy atom. The Labute approximate surface area is 122 Å². The average Bonchev–Trinajstić information content (AvgIpc) is 2.44. The van der Waals surface area contributed by atoms with Gasteiger partial charge in [-0.15, -0.1) is 0 Å². The van der Waals surface area contributed by atoms with Crippen molar-refractivity contribution in [1.82, 2.24) is 10.2 Å². The van der Waals surface area contributed by atoms with Gasteiger partial charge in [0.2, 0.25) is 5.91 Å². The highest BCUT2D eigenvalue weighted by atomic mass is 16.5. The molecule has 1 aliphatic carbocycles. The van der Waals surface area contributed by atoms with Gasteiger partial charge in [-0.2, -0.15) is 0 Å². The molecule has 3 rings (SSSR count). The number of amides is 1. The SMILES string of the molecule is O=C(NC1CCC1)C1CCN(CC2CCOCC2)CC1. The second-order valence-electron chi connectivity index (χ2n) is 6.77. The number of nitrogens with zero attached hydrogens (tertiary/aromatic N) is 1. The molecule has 1 saturated carbocycles. The predicted molar refractivity (Wildman–Crippen MR) is 78.5 cm³/mol. The van der Waals surface area contributed by atoms with Crippen molar-refractivity contribution < 1.29 is 9.53 Å². The molecule has 0 aromatic carbocycles. The van der Waals surface area contributed by atoms with Gasteiger partial charge in [0.25, 0.3) is 0 Å². The van der Waals surface area contributed by atoms with Crippen molar-refractivity contribution in [3.05, 3.63) is 0 Å². The van der Waals surface area contributed by atoms with Crippen LogP contribution in [-0.4, -0.2) is 49.7 Å². The Bertz CT molecular complexity index is 316. The van der Waals surface area contributed by atoms with E-state index in [-0.39, 0.29) is 5.92 Å². The molecule has 0 unspecified atom stereocenters. The van der Waals surface area contributed by atoms with Crippen LogP contribution in [0.2, 0.25) is 0 Å². The number of carbonyl (C=O) groups excluding carboxylic acids is 1. The Morgan fingerprint density at radius 3 is 2.35 bits per heavy atom. The highest BCUT2D eigenvalue weighted by Crippen LogP contribution is 2.23. The molecule has 2 aliphatic heterocycles. The number of hydrogen-bond acceptors (Lipinski definition) is 3. The molecule has 1 N–H and O–H groups in total. The van der Waals surface area contributed by atoms with Crippen molar-refractivity contribution in [3.8, 4) is 0 Å². The zero-order valence-corrected chi connectivity index (χ0v) is 12.5. The van der Waals surface area contributed by atoms with Gasteiger partial charge in [-0.05, 0) is 64.0 Å². The minimum absolute atomic E-state index is 0.265. The van der Waals surface area contributed by atoms with E-state index >= 15 is 0 Å². The first-order valence-corrected chi connectivity index (χ1v) is 8.42. The molecule has 0 bridgehead atoms. The van der Waals surface area contributed by atoms with E-state index < -0.39 is 0 Å². The number of hydrogen-bond donors (Lipinski definition) is 1. The average molecular weight is 280 g/mol. The van der Waals surface area contributed by atoms with Gasteiger partial charge < -0.3 is 15.0 Å². The molecule has 0 aromatic rings. The van der Waals surface area contributed by atoms with Crippen LogP contribution in [0.5, 0.6) is 0 Å². The van der Waals surface area contributed by atoms with Crippen LogP contribution in [0.4, 0.5) is 0 Å². The van der Waals surface area contributed by atoms with Gasteiger partial charge in [0.15, 0.2) is 0 Å². The molecule has 2 heterocycles. The molecule has 20 heavy (non-hydrogen) atoms. The molecule has 114 valence electrons. The van der Waals surface area contributed by atoms with E-state index in [1.54, 1.807) is 0 Å². The van der Waals surface area contributed by atoms with Crippen LogP contribution >= 0.6 is 0 Å². The van der Waals surface area contributed by atoms with E-state index in [2.05, 4.69) is 10.2 Å². The fraction of sp³-hybridized carbons (Fsp3) is 0.938. The largest absolute Gasteiger partial charge is 0.381 e. The zero-order chi connectivity index (χ0) is 13.8. The minimum Gasteiger partial charge on any atom is -0.381 e. The molecule has 4 nitrogen and oxygen atoms in total. The lowest BCUT2D eigenvalue weighted by Crippen LogP contribution is -2.46. The van der Waals surface area contributed by atoms with Crippen LogP contribution in [0.1, 0.15) is 44.9 Å². The number of likely N-dealkylation sites (tertiary alicyclic amines) is 1. The smallest absolute Gasteiger partial charge is 0.223 e. The second-order valence-corrected chi connectivity index (χ2v) is 6.77. The standard InChI is InChI=1S/C16H28N2O2/c19-16(17-15-2-1-3-15)14-4-8-18(9-5-14)12-13-6-10-20-11-7-13/h13-15H,1-12H2,(H,17,19). The first kappa shape index (κ1) is 14.3. The van der Waals surface area contributed by atoms with Gasteiger partial charge in [0.05, 0.1) is 0 Å². The number of piperidine rings is 1. The van der Waals surface area contributed by atoms with Gasteiger partial charge in [0.1, 0.15) is 0 Å². The number of rotatable bonds is 4. The van der Waals surface area contributed by atoms with E-state index in [4.69, 9.17) is 4.74 Å². The fourth-order valence-electron chi connectivity index (χ4n) is 3.54. The molecule has 1 amide bonds. The predicted octanol–water partition coefficient (Wildman–Crippen LogP) is 1.79. The summed E-state index contributed by atoms with van der Waals surface area (Å²) in [6.45, 7) is 5.27. The third-order valence-corrected chi connectivity index (χ3v) is 5.27. The Balaban J connectivity index is 1.36. The first-order chi connectivity index (χ1) is 9.81. The van der Waals surface area contributed by atoms with E-state index in [1.807, 2.05) is 0 Å². The summed E-state index contributed by atoms with van der Waals surface area (Å²) in [7, 11) is 0. The van der Waals surface area contributed by atoms with Gasteiger partial charge in [-0.3, -0.25) is 4.79 Å². The summed E-state index contributed by atoms with van der Waals surface area (Å²) in [5, 5.41) is 3.21. The van der Waals surface area contributed by atoms with Gasteiger partial charge in [-0.1, -0.05) is 0 Å². The molecule has 0 spiro atoms. The summed E-state index contributed by atoms with van der Waals surface area (Å²) in [5.74, 6) is 1.39. The summed E-state index contributed by atoms with van der Waals surface area (Å²) in [5.41, 5.74) is 0. The summed E-state index contributed by atoms with van der Waals surface area (Å²) in [6.07, 6.45) is 8.17. The van der Waals surface area contributed by atoms with E-state index in [0.29, 0.717) is 11.9 Å². The van der Waals surface area contributed by atoms with Crippen LogP contribution in [0.3, 0.4) is 0 Å². The van der Waals surface area contributed by atoms with E-state index in [9.17, 15) is 4.79 Å². The van der Waals surface area contributed by atoms with Gasteiger partial charge in [-0.25, -0.2) is 0 Å². The Hall–Kier alpha value is -0.610. The summed E-state index contributed by atoms with van der Waals surface area (Å²) in [6, 6.07) is 0.489. The van der Waals surface area contributed by atoms with Crippen LogP contribution in [0, 0.1) is 11.8 Å². The summed E-state index contributed by atoms with van der Waals surface area (Å²) >= 11 is 0. The number of nitrogens with one attached hydrogen (secondary N) is 1. The molecule has 0 atom stereocenters. The fourth-order valence-corrected chi connectivity index (χ4v) is 3.54.